The lowest BCUT2D eigenvalue weighted by Gasteiger charge is -2.14. The summed E-state index contributed by atoms with van der Waals surface area (Å²) in [7, 11) is 0. The average molecular weight is 269 g/mol. The Morgan fingerprint density at radius 2 is 2.00 bits per heavy atom. The zero-order chi connectivity index (χ0) is 13.8. The molecule has 3 rings (SSSR count). The Kier molecular flexibility index (Phi) is 3.92. The first kappa shape index (κ1) is 13.1. The highest BCUT2D eigenvalue weighted by atomic mass is 16.5. The lowest BCUT2D eigenvalue weighted by atomic mass is 10.1. The lowest BCUT2D eigenvalue weighted by Crippen LogP contribution is -2.16. The van der Waals surface area contributed by atoms with Crippen molar-refractivity contribution in [2.24, 2.45) is 0 Å². The van der Waals surface area contributed by atoms with Crippen LogP contribution in [0.15, 0.2) is 42.7 Å². The molecule has 1 aromatic heterocycles. The zero-order valence-electron chi connectivity index (χ0n) is 11.6. The maximum atomic E-state index is 5.80. The fourth-order valence-corrected chi connectivity index (χ4v) is 2.00. The molecule has 2 aromatic rings. The summed E-state index contributed by atoms with van der Waals surface area (Å²) in [5.74, 6) is 0.566. The number of aromatic nitrogens is 2. The second kappa shape index (κ2) is 6.01. The monoisotopic (exact) mass is 269 g/mol. The highest BCUT2D eigenvalue weighted by Crippen LogP contribution is 2.20. The third-order valence-electron chi connectivity index (χ3n) is 3.40. The van der Waals surface area contributed by atoms with E-state index in [-0.39, 0.29) is 6.10 Å². The Morgan fingerprint density at radius 3 is 2.65 bits per heavy atom. The number of hydrogen-bond acceptors (Lipinski definition) is 4. The van der Waals surface area contributed by atoms with Gasteiger partial charge in [0.1, 0.15) is 6.10 Å². The van der Waals surface area contributed by atoms with Crippen molar-refractivity contribution >= 4 is 0 Å². The highest BCUT2D eigenvalue weighted by molar-refractivity contribution is 5.18. The summed E-state index contributed by atoms with van der Waals surface area (Å²) < 4.78 is 5.80. The van der Waals surface area contributed by atoms with Gasteiger partial charge < -0.3 is 10.1 Å². The Balaban J connectivity index is 1.56. The Bertz CT molecular complexity index is 537. The van der Waals surface area contributed by atoms with Crippen LogP contribution in [0.2, 0.25) is 0 Å². The second-order valence-corrected chi connectivity index (χ2v) is 5.17. The van der Waals surface area contributed by atoms with E-state index in [0.717, 1.165) is 17.8 Å². The minimum absolute atomic E-state index is 0.0269. The molecule has 1 aliphatic carbocycles. The van der Waals surface area contributed by atoms with Crippen LogP contribution in [0.3, 0.4) is 0 Å². The SMILES string of the molecule is CC(Oc1cnc(CNC2CC2)cn1)c1ccccc1. The summed E-state index contributed by atoms with van der Waals surface area (Å²) in [6.45, 7) is 2.80. The summed E-state index contributed by atoms with van der Waals surface area (Å²) in [6.07, 6.45) is 6.01. The van der Waals surface area contributed by atoms with Crippen LogP contribution < -0.4 is 10.1 Å². The van der Waals surface area contributed by atoms with Crippen LogP contribution in [0.5, 0.6) is 5.88 Å². The summed E-state index contributed by atoms with van der Waals surface area (Å²) in [6, 6.07) is 10.8. The van der Waals surface area contributed by atoms with Gasteiger partial charge in [-0.3, -0.25) is 4.98 Å². The molecule has 1 saturated carbocycles. The fourth-order valence-electron chi connectivity index (χ4n) is 2.00. The predicted octanol–water partition coefficient (Wildman–Crippen LogP) is 2.87. The number of benzene rings is 1. The zero-order valence-corrected chi connectivity index (χ0v) is 11.6. The first-order valence-electron chi connectivity index (χ1n) is 7.07. The third-order valence-corrected chi connectivity index (χ3v) is 3.40. The van der Waals surface area contributed by atoms with E-state index < -0.39 is 0 Å². The molecule has 1 fully saturated rings. The van der Waals surface area contributed by atoms with Gasteiger partial charge in [-0.1, -0.05) is 30.3 Å². The normalized spacial score (nSPS) is 15.8. The van der Waals surface area contributed by atoms with E-state index in [1.807, 2.05) is 37.3 Å². The molecule has 0 bridgehead atoms. The predicted molar refractivity (Wildman–Crippen MR) is 77.4 cm³/mol. The standard InChI is InChI=1S/C16H19N3O/c1-12(13-5-3-2-4-6-13)20-16-11-18-15(10-19-16)9-17-14-7-8-14/h2-6,10-12,14,17H,7-9H2,1H3. The van der Waals surface area contributed by atoms with Gasteiger partial charge in [-0.05, 0) is 25.3 Å². The van der Waals surface area contributed by atoms with Crippen LogP contribution in [-0.4, -0.2) is 16.0 Å². The van der Waals surface area contributed by atoms with Crippen LogP contribution in [0.4, 0.5) is 0 Å². The molecule has 0 spiro atoms. The van der Waals surface area contributed by atoms with Crippen molar-refractivity contribution in [2.75, 3.05) is 0 Å². The van der Waals surface area contributed by atoms with Crippen molar-refractivity contribution in [3.8, 4) is 5.88 Å². The first-order chi connectivity index (χ1) is 9.81. The topological polar surface area (TPSA) is 47.0 Å². The van der Waals surface area contributed by atoms with Gasteiger partial charge in [0.25, 0.3) is 0 Å². The van der Waals surface area contributed by atoms with Crippen LogP contribution >= 0.6 is 0 Å². The number of nitrogens with zero attached hydrogens (tertiary/aromatic N) is 2. The van der Waals surface area contributed by atoms with Gasteiger partial charge in [0, 0.05) is 12.6 Å². The van der Waals surface area contributed by atoms with Crippen LogP contribution in [0.1, 0.15) is 37.1 Å². The van der Waals surface area contributed by atoms with Crippen molar-refractivity contribution in [1.29, 1.82) is 0 Å². The summed E-state index contributed by atoms with van der Waals surface area (Å²) in [5, 5.41) is 3.42. The van der Waals surface area contributed by atoms with Gasteiger partial charge >= 0.3 is 0 Å². The molecule has 104 valence electrons. The number of rotatable bonds is 6. The molecule has 4 heteroatoms. The molecular weight excluding hydrogens is 250 g/mol. The van der Waals surface area contributed by atoms with Gasteiger partial charge in [0.15, 0.2) is 0 Å². The van der Waals surface area contributed by atoms with Crippen molar-refractivity contribution in [3.63, 3.8) is 0 Å². The smallest absolute Gasteiger partial charge is 0.232 e. The highest BCUT2D eigenvalue weighted by Gasteiger charge is 2.20. The molecule has 1 atom stereocenters. The molecule has 1 heterocycles. The Morgan fingerprint density at radius 1 is 1.20 bits per heavy atom. The minimum Gasteiger partial charge on any atom is -0.469 e. The average Bonchev–Trinajstić information content (AvgIpc) is 3.32. The molecule has 1 N–H and O–H groups in total. The second-order valence-electron chi connectivity index (χ2n) is 5.17. The molecule has 0 saturated heterocycles. The molecule has 1 aliphatic rings. The third kappa shape index (κ3) is 3.54. The van der Waals surface area contributed by atoms with Gasteiger partial charge in [-0.15, -0.1) is 0 Å². The van der Waals surface area contributed by atoms with Crippen molar-refractivity contribution < 1.29 is 4.74 Å². The quantitative estimate of drug-likeness (QED) is 0.876. The van der Waals surface area contributed by atoms with E-state index >= 15 is 0 Å². The molecule has 20 heavy (non-hydrogen) atoms. The summed E-state index contributed by atoms with van der Waals surface area (Å²) in [4.78, 5) is 8.69. The molecule has 4 nitrogen and oxygen atoms in total. The molecule has 1 aromatic carbocycles. The van der Waals surface area contributed by atoms with Crippen molar-refractivity contribution in [3.05, 3.63) is 54.0 Å². The number of hydrogen-bond donors (Lipinski definition) is 1. The fraction of sp³-hybridized carbons (Fsp3) is 0.375. The number of ether oxygens (including phenoxy) is 1. The van der Waals surface area contributed by atoms with Crippen molar-refractivity contribution in [1.82, 2.24) is 15.3 Å². The maximum Gasteiger partial charge on any atom is 0.232 e. The number of nitrogens with one attached hydrogen (secondary N) is 1. The van der Waals surface area contributed by atoms with E-state index in [9.17, 15) is 0 Å². The molecule has 0 radical (unpaired) electrons. The van der Waals surface area contributed by atoms with Crippen LogP contribution in [0.25, 0.3) is 0 Å². The Labute approximate surface area is 119 Å². The Hall–Kier alpha value is -1.94. The lowest BCUT2D eigenvalue weighted by molar-refractivity contribution is 0.216. The molecule has 0 amide bonds. The first-order valence-corrected chi connectivity index (χ1v) is 7.07. The van der Waals surface area contributed by atoms with E-state index in [4.69, 9.17) is 4.74 Å². The minimum atomic E-state index is -0.0269. The van der Waals surface area contributed by atoms with Crippen molar-refractivity contribution in [2.45, 2.75) is 38.5 Å². The molecule has 1 unspecified atom stereocenters. The van der Waals surface area contributed by atoms with E-state index in [0.29, 0.717) is 11.9 Å². The summed E-state index contributed by atoms with van der Waals surface area (Å²) >= 11 is 0. The molecule has 0 aliphatic heterocycles. The van der Waals surface area contributed by atoms with Gasteiger partial charge in [-0.2, -0.15) is 0 Å². The summed E-state index contributed by atoms with van der Waals surface area (Å²) in [5.41, 5.74) is 2.09. The van der Waals surface area contributed by atoms with Crippen LogP contribution in [0, 0.1) is 0 Å². The molecular formula is C16H19N3O. The van der Waals surface area contributed by atoms with E-state index in [1.165, 1.54) is 12.8 Å². The van der Waals surface area contributed by atoms with Gasteiger partial charge in [-0.25, -0.2) is 4.98 Å². The van der Waals surface area contributed by atoms with E-state index in [1.54, 1.807) is 12.4 Å². The van der Waals surface area contributed by atoms with E-state index in [2.05, 4.69) is 15.3 Å². The van der Waals surface area contributed by atoms with Gasteiger partial charge in [0.2, 0.25) is 5.88 Å². The maximum absolute atomic E-state index is 5.80. The van der Waals surface area contributed by atoms with Gasteiger partial charge in [0.05, 0.1) is 18.1 Å². The largest absolute Gasteiger partial charge is 0.469 e. The van der Waals surface area contributed by atoms with Crippen LogP contribution in [-0.2, 0) is 6.54 Å².